The summed E-state index contributed by atoms with van der Waals surface area (Å²) in [6.07, 6.45) is 5.62. The van der Waals surface area contributed by atoms with Gasteiger partial charge in [0.1, 0.15) is 0 Å². The van der Waals surface area contributed by atoms with Gasteiger partial charge in [-0.15, -0.1) is 6.58 Å². The quantitative estimate of drug-likeness (QED) is 0.472. The SMILES string of the molecule is C=CCn1c(SCC(=O)NC(C)C2CC2)nc2ncccc2c1=O. The van der Waals surface area contributed by atoms with Crippen LogP contribution in [-0.2, 0) is 11.3 Å². The van der Waals surface area contributed by atoms with Crippen LogP contribution in [-0.4, -0.2) is 32.2 Å². The van der Waals surface area contributed by atoms with E-state index in [1.54, 1.807) is 24.4 Å². The van der Waals surface area contributed by atoms with Gasteiger partial charge in [-0.05, 0) is 37.8 Å². The summed E-state index contributed by atoms with van der Waals surface area (Å²) in [6.45, 7) is 6.07. The molecule has 0 spiro atoms. The van der Waals surface area contributed by atoms with Gasteiger partial charge >= 0.3 is 0 Å². The van der Waals surface area contributed by atoms with Crippen LogP contribution in [0.1, 0.15) is 19.8 Å². The molecule has 0 aliphatic heterocycles. The molecule has 3 rings (SSSR count). The number of fused-ring (bicyclic) bond motifs is 1. The topological polar surface area (TPSA) is 76.9 Å². The van der Waals surface area contributed by atoms with Crippen molar-refractivity contribution in [3.05, 3.63) is 41.3 Å². The number of aromatic nitrogens is 3. The van der Waals surface area contributed by atoms with Crippen LogP contribution in [0.4, 0.5) is 0 Å². The van der Waals surface area contributed by atoms with Crippen molar-refractivity contribution in [1.29, 1.82) is 0 Å². The van der Waals surface area contributed by atoms with Crippen molar-refractivity contribution < 1.29 is 4.79 Å². The summed E-state index contributed by atoms with van der Waals surface area (Å²) < 4.78 is 1.53. The van der Waals surface area contributed by atoms with Crippen LogP contribution in [0.3, 0.4) is 0 Å². The third-order valence-electron chi connectivity index (χ3n) is 4.06. The van der Waals surface area contributed by atoms with Gasteiger partial charge in [-0.2, -0.15) is 0 Å². The van der Waals surface area contributed by atoms with Crippen LogP contribution in [0.15, 0.2) is 40.9 Å². The van der Waals surface area contributed by atoms with Crippen LogP contribution in [0, 0.1) is 5.92 Å². The van der Waals surface area contributed by atoms with Crippen molar-refractivity contribution in [1.82, 2.24) is 19.9 Å². The number of pyridine rings is 1. The van der Waals surface area contributed by atoms with Crippen molar-refractivity contribution in [3.63, 3.8) is 0 Å². The summed E-state index contributed by atoms with van der Waals surface area (Å²) in [6, 6.07) is 3.62. The average molecular weight is 344 g/mol. The van der Waals surface area contributed by atoms with E-state index < -0.39 is 0 Å². The summed E-state index contributed by atoms with van der Waals surface area (Å²) >= 11 is 1.25. The van der Waals surface area contributed by atoms with E-state index in [2.05, 4.69) is 21.9 Å². The zero-order valence-corrected chi connectivity index (χ0v) is 14.4. The highest BCUT2D eigenvalue weighted by Gasteiger charge is 2.28. The zero-order chi connectivity index (χ0) is 17.1. The van der Waals surface area contributed by atoms with Crippen molar-refractivity contribution in [2.45, 2.75) is 37.5 Å². The number of carbonyl (C=O) groups is 1. The first kappa shape index (κ1) is 16.7. The first-order valence-corrected chi connectivity index (χ1v) is 8.97. The Morgan fingerprint density at radius 1 is 1.58 bits per heavy atom. The highest BCUT2D eigenvalue weighted by molar-refractivity contribution is 7.99. The van der Waals surface area contributed by atoms with Crippen LogP contribution in [0.25, 0.3) is 11.0 Å². The molecule has 7 heteroatoms. The maximum Gasteiger partial charge on any atom is 0.263 e. The second-order valence-electron chi connectivity index (χ2n) is 5.96. The number of carbonyl (C=O) groups excluding carboxylic acids is 1. The molecule has 1 atom stereocenters. The predicted molar refractivity (Wildman–Crippen MR) is 95.0 cm³/mol. The largest absolute Gasteiger partial charge is 0.353 e. The lowest BCUT2D eigenvalue weighted by atomic mass is 10.2. The molecule has 1 aliphatic rings. The summed E-state index contributed by atoms with van der Waals surface area (Å²) in [5, 5.41) is 3.96. The number of amides is 1. The third kappa shape index (κ3) is 3.67. The number of allylic oxidation sites excluding steroid dienone is 1. The van der Waals surface area contributed by atoms with Gasteiger partial charge in [0.2, 0.25) is 5.91 Å². The fourth-order valence-electron chi connectivity index (χ4n) is 2.58. The van der Waals surface area contributed by atoms with E-state index in [4.69, 9.17) is 0 Å². The van der Waals surface area contributed by atoms with Gasteiger partial charge in [0, 0.05) is 18.8 Å². The Bertz CT molecular complexity index is 829. The van der Waals surface area contributed by atoms with E-state index in [0.29, 0.717) is 28.7 Å². The van der Waals surface area contributed by atoms with E-state index in [1.807, 2.05) is 6.92 Å². The molecule has 1 aliphatic carbocycles. The second-order valence-corrected chi connectivity index (χ2v) is 6.90. The molecule has 1 N–H and O–H groups in total. The molecular weight excluding hydrogens is 324 g/mol. The van der Waals surface area contributed by atoms with E-state index in [1.165, 1.54) is 29.2 Å². The maximum absolute atomic E-state index is 12.6. The van der Waals surface area contributed by atoms with Gasteiger partial charge in [-0.1, -0.05) is 17.8 Å². The van der Waals surface area contributed by atoms with Crippen LogP contribution in [0.5, 0.6) is 0 Å². The zero-order valence-electron chi connectivity index (χ0n) is 13.6. The van der Waals surface area contributed by atoms with Crippen LogP contribution < -0.4 is 10.9 Å². The van der Waals surface area contributed by atoms with Crippen molar-refractivity contribution >= 4 is 28.7 Å². The second kappa shape index (κ2) is 7.17. The summed E-state index contributed by atoms with van der Waals surface area (Å²) in [4.78, 5) is 33.3. The lowest BCUT2D eigenvalue weighted by Crippen LogP contribution is -2.35. The number of hydrogen-bond donors (Lipinski definition) is 1. The monoisotopic (exact) mass is 344 g/mol. The third-order valence-corrected chi connectivity index (χ3v) is 5.03. The molecule has 0 aromatic carbocycles. The average Bonchev–Trinajstić information content (AvgIpc) is 3.41. The molecule has 2 aromatic rings. The minimum absolute atomic E-state index is 0.0417. The van der Waals surface area contributed by atoms with Gasteiger partial charge in [0.15, 0.2) is 10.8 Å². The molecule has 0 radical (unpaired) electrons. The molecular formula is C17H20N4O2S. The van der Waals surface area contributed by atoms with Crippen LogP contribution >= 0.6 is 11.8 Å². The Morgan fingerprint density at radius 3 is 3.08 bits per heavy atom. The minimum atomic E-state index is -0.165. The number of hydrogen-bond acceptors (Lipinski definition) is 5. The molecule has 2 heterocycles. The van der Waals surface area contributed by atoms with Gasteiger partial charge in [0.25, 0.3) is 5.56 Å². The van der Waals surface area contributed by atoms with Gasteiger partial charge < -0.3 is 5.32 Å². The van der Waals surface area contributed by atoms with E-state index in [0.717, 1.165) is 0 Å². The number of thioether (sulfide) groups is 1. The Hall–Kier alpha value is -2.15. The Kier molecular flexibility index (Phi) is 4.99. The van der Waals surface area contributed by atoms with E-state index in [9.17, 15) is 9.59 Å². The van der Waals surface area contributed by atoms with Crippen LogP contribution in [0.2, 0.25) is 0 Å². The van der Waals surface area contributed by atoms with Gasteiger partial charge in [0.05, 0.1) is 11.1 Å². The smallest absolute Gasteiger partial charge is 0.263 e. The Labute approximate surface area is 144 Å². The summed E-state index contributed by atoms with van der Waals surface area (Å²) in [7, 11) is 0. The molecule has 6 nitrogen and oxygen atoms in total. The first-order chi connectivity index (χ1) is 11.6. The highest BCUT2D eigenvalue weighted by Crippen LogP contribution is 2.32. The van der Waals surface area contributed by atoms with E-state index >= 15 is 0 Å². The summed E-state index contributed by atoms with van der Waals surface area (Å²) in [5.41, 5.74) is 0.235. The molecule has 1 fully saturated rings. The van der Waals surface area contributed by atoms with Crippen molar-refractivity contribution in [3.8, 4) is 0 Å². The van der Waals surface area contributed by atoms with Crippen molar-refractivity contribution in [2.24, 2.45) is 5.92 Å². The molecule has 1 saturated carbocycles. The Morgan fingerprint density at radius 2 is 2.38 bits per heavy atom. The first-order valence-electron chi connectivity index (χ1n) is 7.98. The highest BCUT2D eigenvalue weighted by atomic mass is 32.2. The molecule has 126 valence electrons. The predicted octanol–water partition coefficient (Wildman–Crippen LogP) is 1.98. The number of nitrogens with zero attached hydrogens (tertiary/aromatic N) is 3. The van der Waals surface area contributed by atoms with E-state index in [-0.39, 0.29) is 23.3 Å². The summed E-state index contributed by atoms with van der Waals surface area (Å²) in [5.74, 6) is 0.791. The fourth-order valence-corrected chi connectivity index (χ4v) is 3.38. The van der Waals surface area contributed by atoms with Gasteiger partial charge in [-0.25, -0.2) is 9.97 Å². The minimum Gasteiger partial charge on any atom is -0.353 e. The van der Waals surface area contributed by atoms with Crippen molar-refractivity contribution in [2.75, 3.05) is 5.75 Å². The Balaban J connectivity index is 1.79. The maximum atomic E-state index is 12.6. The molecule has 0 saturated heterocycles. The molecule has 2 aromatic heterocycles. The molecule has 24 heavy (non-hydrogen) atoms. The molecule has 1 unspecified atom stereocenters. The van der Waals surface area contributed by atoms with Gasteiger partial charge in [-0.3, -0.25) is 14.2 Å². The normalized spacial score (nSPS) is 15.2. The molecule has 0 bridgehead atoms. The molecule has 1 amide bonds. The lowest BCUT2D eigenvalue weighted by molar-refractivity contribution is -0.119. The number of rotatable bonds is 7. The lowest BCUT2D eigenvalue weighted by Gasteiger charge is -2.14. The number of nitrogens with one attached hydrogen (secondary N) is 1. The fraction of sp³-hybridized carbons (Fsp3) is 0.412. The standard InChI is InChI=1S/C17H20N4O2S/c1-3-9-21-16(23)13-5-4-8-18-15(13)20-17(21)24-10-14(22)19-11(2)12-6-7-12/h3-5,8,11-12H,1,6-7,9-10H2,2H3,(H,19,22).